The Hall–Kier alpha value is -2.67. The molecular formula is C20H20F2N2O3. The number of nitrogens with one attached hydrogen (secondary N) is 1. The van der Waals surface area contributed by atoms with E-state index < -0.39 is 5.79 Å². The lowest BCUT2D eigenvalue weighted by Gasteiger charge is -2.43. The average molecular weight is 374 g/mol. The van der Waals surface area contributed by atoms with Gasteiger partial charge >= 0.3 is 6.03 Å². The first-order chi connectivity index (χ1) is 13.0. The maximum Gasteiger partial charge on any atom is 0.317 e. The molecule has 7 heteroatoms. The van der Waals surface area contributed by atoms with E-state index >= 15 is 0 Å². The zero-order valence-corrected chi connectivity index (χ0v) is 14.7. The molecule has 2 aliphatic rings. The smallest absolute Gasteiger partial charge is 0.317 e. The van der Waals surface area contributed by atoms with Crippen molar-refractivity contribution in [1.82, 2.24) is 10.2 Å². The molecule has 2 aromatic carbocycles. The molecule has 1 N–H and O–H groups in total. The highest BCUT2D eigenvalue weighted by atomic mass is 19.1. The van der Waals surface area contributed by atoms with Crippen LogP contribution >= 0.6 is 0 Å². The lowest BCUT2D eigenvalue weighted by atomic mass is 10.0. The zero-order chi connectivity index (χ0) is 18.9. The molecule has 1 saturated heterocycles. The minimum atomic E-state index is -0.765. The van der Waals surface area contributed by atoms with Crippen LogP contribution in [0.5, 0.6) is 5.75 Å². The van der Waals surface area contributed by atoms with E-state index in [1.54, 1.807) is 23.1 Å². The Morgan fingerprint density at radius 1 is 1.07 bits per heavy atom. The number of benzene rings is 2. The molecular weight excluding hydrogens is 354 g/mol. The molecule has 1 spiro atoms. The highest BCUT2D eigenvalue weighted by Crippen LogP contribution is 2.37. The van der Waals surface area contributed by atoms with Gasteiger partial charge < -0.3 is 19.7 Å². The van der Waals surface area contributed by atoms with Crippen molar-refractivity contribution >= 4 is 6.03 Å². The summed E-state index contributed by atoms with van der Waals surface area (Å²) in [7, 11) is 0. The molecule has 2 heterocycles. The zero-order valence-electron chi connectivity index (χ0n) is 14.7. The molecule has 0 saturated carbocycles. The number of ether oxygens (including phenoxy) is 2. The number of fused-ring (bicyclic) bond motifs is 1. The summed E-state index contributed by atoms with van der Waals surface area (Å²) in [6.45, 7) is 1.62. The van der Waals surface area contributed by atoms with Crippen molar-refractivity contribution in [3.05, 3.63) is 65.2 Å². The van der Waals surface area contributed by atoms with Gasteiger partial charge in [0.25, 0.3) is 0 Å². The number of amides is 2. The number of urea groups is 1. The van der Waals surface area contributed by atoms with Gasteiger partial charge in [-0.1, -0.05) is 12.1 Å². The number of halogens is 2. The van der Waals surface area contributed by atoms with E-state index in [0.29, 0.717) is 50.4 Å². The molecule has 0 unspecified atom stereocenters. The summed E-state index contributed by atoms with van der Waals surface area (Å²) >= 11 is 0. The van der Waals surface area contributed by atoms with Gasteiger partial charge in [-0.3, -0.25) is 0 Å². The molecule has 0 atom stereocenters. The molecule has 0 aliphatic carbocycles. The minimum absolute atomic E-state index is 0.174. The topological polar surface area (TPSA) is 50.8 Å². The molecule has 2 aromatic rings. The Morgan fingerprint density at radius 3 is 2.52 bits per heavy atom. The first-order valence-electron chi connectivity index (χ1n) is 8.92. The second kappa shape index (κ2) is 7.15. The molecule has 0 bridgehead atoms. The monoisotopic (exact) mass is 374 g/mol. The van der Waals surface area contributed by atoms with Gasteiger partial charge in [0.2, 0.25) is 5.79 Å². The van der Waals surface area contributed by atoms with Crippen molar-refractivity contribution in [3.8, 4) is 5.75 Å². The quantitative estimate of drug-likeness (QED) is 0.874. The van der Waals surface area contributed by atoms with Crippen LogP contribution in [0.3, 0.4) is 0 Å². The lowest BCUT2D eigenvalue weighted by Crippen LogP contribution is -2.54. The second-order valence-corrected chi connectivity index (χ2v) is 6.83. The van der Waals surface area contributed by atoms with Gasteiger partial charge in [-0.25, -0.2) is 13.6 Å². The van der Waals surface area contributed by atoms with Gasteiger partial charge in [-0.2, -0.15) is 0 Å². The standard InChI is InChI=1S/C20H20F2N2O3/c21-16-3-1-14(2-4-16)12-23-19(25)24-9-7-20(8-10-24)26-13-15-11-17(22)5-6-18(15)27-20/h1-6,11H,7-10,12-13H2,(H,23,25). The van der Waals surface area contributed by atoms with Crippen LogP contribution < -0.4 is 10.1 Å². The van der Waals surface area contributed by atoms with Crippen molar-refractivity contribution in [1.29, 1.82) is 0 Å². The number of rotatable bonds is 2. The summed E-state index contributed by atoms with van der Waals surface area (Å²) in [6, 6.07) is 10.3. The maximum absolute atomic E-state index is 13.3. The molecule has 1 fully saturated rings. The highest BCUT2D eigenvalue weighted by Gasteiger charge is 2.41. The van der Waals surface area contributed by atoms with Crippen LogP contribution in [0, 0.1) is 11.6 Å². The number of carbonyl (C=O) groups is 1. The van der Waals surface area contributed by atoms with E-state index in [1.807, 2.05) is 0 Å². The molecule has 5 nitrogen and oxygen atoms in total. The van der Waals surface area contributed by atoms with E-state index in [0.717, 1.165) is 5.56 Å². The summed E-state index contributed by atoms with van der Waals surface area (Å²) in [5.41, 5.74) is 1.53. The minimum Gasteiger partial charge on any atom is -0.462 e. The van der Waals surface area contributed by atoms with Gasteiger partial charge in [0.05, 0.1) is 6.61 Å². The number of hydrogen-bond acceptors (Lipinski definition) is 3. The summed E-state index contributed by atoms with van der Waals surface area (Å²) < 4.78 is 38.1. The number of piperidine rings is 1. The second-order valence-electron chi connectivity index (χ2n) is 6.83. The summed E-state index contributed by atoms with van der Waals surface area (Å²) in [6.07, 6.45) is 1.07. The highest BCUT2D eigenvalue weighted by molar-refractivity contribution is 5.74. The van der Waals surface area contributed by atoms with Gasteiger partial charge in [0.1, 0.15) is 17.4 Å². The average Bonchev–Trinajstić information content (AvgIpc) is 2.68. The number of hydrogen-bond donors (Lipinski definition) is 1. The van der Waals surface area contributed by atoms with Crippen molar-refractivity contribution < 1.29 is 23.0 Å². The van der Waals surface area contributed by atoms with Crippen molar-refractivity contribution in [2.75, 3.05) is 13.1 Å². The van der Waals surface area contributed by atoms with Gasteiger partial charge in [-0.05, 0) is 35.9 Å². The van der Waals surface area contributed by atoms with Gasteiger partial charge in [0, 0.05) is 38.0 Å². The van der Waals surface area contributed by atoms with Crippen LogP contribution in [0.15, 0.2) is 42.5 Å². The first kappa shape index (κ1) is 17.7. The first-order valence-corrected chi connectivity index (χ1v) is 8.92. The predicted octanol–water partition coefficient (Wildman–Crippen LogP) is 3.58. The van der Waals surface area contributed by atoms with Gasteiger partial charge in [0.15, 0.2) is 0 Å². The van der Waals surface area contributed by atoms with Crippen molar-refractivity contribution in [2.24, 2.45) is 0 Å². The summed E-state index contributed by atoms with van der Waals surface area (Å²) in [4.78, 5) is 14.1. The van der Waals surface area contributed by atoms with Crippen molar-refractivity contribution in [2.45, 2.75) is 31.8 Å². The Bertz CT molecular complexity index is 834. The Kier molecular flexibility index (Phi) is 4.70. The molecule has 2 amide bonds. The van der Waals surface area contributed by atoms with Crippen LogP contribution in [-0.4, -0.2) is 29.8 Å². The van der Waals surface area contributed by atoms with E-state index in [1.165, 1.54) is 24.3 Å². The van der Waals surface area contributed by atoms with E-state index in [2.05, 4.69) is 5.32 Å². The number of nitrogens with zero attached hydrogens (tertiary/aromatic N) is 1. The van der Waals surface area contributed by atoms with Crippen LogP contribution in [0.2, 0.25) is 0 Å². The molecule has 0 aromatic heterocycles. The van der Waals surface area contributed by atoms with E-state index in [-0.39, 0.29) is 17.7 Å². The summed E-state index contributed by atoms with van der Waals surface area (Å²) in [5, 5.41) is 2.84. The SMILES string of the molecule is O=C(NCc1ccc(F)cc1)N1CCC2(CC1)OCc1cc(F)ccc1O2. The van der Waals surface area contributed by atoms with Crippen LogP contribution in [0.1, 0.15) is 24.0 Å². The number of carbonyl (C=O) groups excluding carboxylic acids is 1. The van der Waals surface area contributed by atoms with Crippen molar-refractivity contribution in [3.63, 3.8) is 0 Å². The third kappa shape index (κ3) is 3.88. The van der Waals surface area contributed by atoms with E-state index in [9.17, 15) is 13.6 Å². The van der Waals surface area contributed by atoms with Crippen LogP contribution in [-0.2, 0) is 17.9 Å². The largest absolute Gasteiger partial charge is 0.462 e. The van der Waals surface area contributed by atoms with E-state index in [4.69, 9.17) is 9.47 Å². The normalized spacial score (nSPS) is 17.9. The third-order valence-electron chi connectivity index (χ3n) is 4.98. The Morgan fingerprint density at radius 2 is 1.78 bits per heavy atom. The fraction of sp³-hybridized carbons (Fsp3) is 0.350. The van der Waals surface area contributed by atoms with Crippen LogP contribution in [0.25, 0.3) is 0 Å². The predicted molar refractivity (Wildman–Crippen MR) is 94.0 cm³/mol. The fourth-order valence-electron chi connectivity index (χ4n) is 3.39. The molecule has 4 rings (SSSR count). The molecule has 0 radical (unpaired) electrons. The molecule has 142 valence electrons. The number of likely N-dealkylation sites (tertiary alicyclic amines) is 1. The lowest BCUT2D eigenvalue weighted by molar-refractivity contribution is -0.225. The molecule has 2 aliphatic heterocycles. The van der Waals surface area contributed by atoms with Crippen LogP contribution in [0.4, 0.5) is 13.6 Å². The molecule has 27 heavy (non-hydrogen) atoms. The Labute approximate surface area is 155 Å². The maximum atomic E-state index is 13.3. The van der Waals surface area contributed by atoms with Gasteiger partial charge in [-0.15, -0.1) is 0 Å². The third-order valence-corrected chi connectivity index (χ3v) is 4.98. The fourth-order valence-corrected chi connectivity index (χ4v) is 3.39. The summed E-state index contributed by atoms with van der Waals surface area (Å²) in [5.74, 6) is -0.747. The Balaban J connectivity index is 1.31.